The van der Waals surface area contributed by atoms with E-state index in [1.54, 1.807) is 14.2 Å². The van der Waals surface area contributed by atoms with E-state index < -0.39 is 10.8 Å². The SMILES string of the molecule is COC(CCS[C@@](C)(/C=C1/C=CCCCC1)C(=O)N1C(=O)OC[C@@H]1Cc1ccccc1)OC. The molecular formula is C26H35NO5S. The Morgan fingerprint density at radius 2 is 2.03 bits per heavy atom. The highest BCUT2D eigenvalue weighted by atomic mass is 32.2. The third-order valence-electron chi connectivity index (χ3n) is 6.08. The summed E-state index contributed by atoms with van der Waals surface area (Å²) in [5.74, 6) is 0.418. The van der Waals surface area contributed by atoms with E-state index in [0.29, 0.717) is 18.6 Å². The Morgan fingerprint density at radius 1 is 1.27 bits per heavy atom. The lowest BCUT2D eigenvalue weighted by molar-refractivity contribution is -0.130. The Balaban J connectivity index is 1.84. The third-order valence-corrected chi connectivity index (χ3v) is 7.41. The van der Waals surface area contributed by atoms with Gasteiger partial charge in [0, 0.05) is 20.6 Å². The van der Waals surface area contributed by atoms with E-state index in [2.05, 4.69) is 12.2 Å². The van der Waals surface area contributed by atoms with Crippen LogP contribution in [0.5, 0.6) is 0 Å². The molecule has 1 aliphatic carbocycles. The first-order valence-corrected chi connectivity index (χ1v) is 12.6. The summed E-state index contributed by atoms with van der Waals surface area (Å²) >= 11 is 1.52. The monoisotopic (exact) mass is 473 g/mol. The van der Waals surface area contributed by atoms with Gasteiger partial charge in [-0.3, -0.25) is 4.79 Å². The maximum Gasteiger partial charge on any atom is 0.417 e. The number of imide groups is 1. The summed E-state index contributed by atoms with van der Waals surface area (Å²) in [5, 5.41) is 0. The summed E-state index contributed by atoms with van der Waals surface area (Å²) in [6.07, 6.45) is 10.9. The lowest BCUT2D eigenvalue weighted by Gasteiger charge is -2.31. The van der Waals surface area contributed by atoms with Crippen LogP contribution in [-0.2, 0) is 25.4 Å². The van der Waals surface area contributed by atoms with Crippen LogP contribution in [0.25, 0.3) is 0 Å². The minimum Gasteiger partial charge on any atom is -0.447 e. The minimum absolute atomic E-state index is 0.214. The number of allylic oxidation sites excluding steroid dienone is 3. The molecule has 3 rings (SSSR count). The van der Waals surface area contributed by atoms with E-state index in [9.17, 15) is 9.59 Å². The lowest BCUT2D eigenvalue weighted by atomic mass is 10.00. The number of carbonyl (C=O) groups is 2. The largest absolute Gasteiger partial charge is 0.447 e. The first-order chi connectivity index (χ1) is 16.0. The van der Waals surface area contributed by atoms with E-state index in [1.807, 2.05) is 43.3 Å². The van der Waals surface area contributed by atoms with Gasteiger partial charge in [0.25, 0.3) is 5.91 Å². The number of benzene rings is 1. The smallest absolute Gasteiger partial charge is 0.417 e. The van der Waals surface area contributed by atoms with Gasteiger partial charge in [0.15, 0.2) is 6.29 Å². The topological polar surface area (TPSA) is 65.1 Å². The van der Waals surface area contributed by atoms with E-state index >= 15 is 0 Å². The molecule has 0 N–H and O–H groups in total. The van der Waals surface area contributed by atoms with Gasteiger partial charge in [-0.15, -0.1) is 11.8 Å². The molecule has 0 unspecified atom stereocenters. The molecule has 2 aliphatic rings. The van der Waals surface area contributed by atoms with E-state index in [1.165, 1.54) is 16.7 Å². The van der Waals surface area contributed by atoms with Crippen LogP contribution in [0.3, 0.4) is 0 Å². The molecule has 0 bridgehead atoms. The molecule has 180 valence electrons. The van der Waals surface area contributed by atoms with E-state index in [-0.39, 0.29) is 24.8 Å². The summed E-state index contributed by atoms with van der Waals surface area (Å²) in [5.41, 5.74) is 2.21. The molecule has 2 amide bonds. The predicted molar refractivity (Wildman–Crippen MR) is 131 cm³/mol. The van der Waals surface area contributed by atoms with Crippen LogP contribution in [-0.4, -0.2) is 60.6 Å². The predicted octanol–water partition coefficient (Wildman–Crippen LogP) is 5.13. The number of methoxy groups -OCH3 is 2. The number of hydrogen-bond acceptors (Lipinski definition) is 6. The highest BCUT2D eigenvalue weighted by Gasteiger charge is 2.45. The van der Waals surface area contributed by atoms with Gasteiger partial charge >= 0.3 is 6.09 Å². The molecule has 0 aromatic heterocycles. The molecule has 1 aromatic rings. The average Bonchev–Trinajstić information content (AvgIpc) is 3.00. The highest BCUT2D eigenvalue weighted by molar-refractivity contribution is 8.01. The second kappa shape index (κ2) is 12.4. The fraction of sp³-hybridized carbons (Fsp3) is 0.538. The van der Waals surface area contributed by atoms with Crippen molar-refractivity contribution < 1.29 is 23.8 Å². The Bertz CT molecular complexity index is 851. The minimum atomic E-state index is -0.908. The van der Waals surface area contributed by atoms with Gasteiger partial charge in [-0.2, -0.15) is 0 Å². The second-order valence-electron chi connectivity index (χ2n) is 8.61. The van der Waals surface area contributed by atoms with Gasteiger partial charge < -0.3 is 14.2 Å². The Labute approximate surface area is 201 Å². The van der Waals surface area contributed by atoms with Gasteiger partial charge in [0.2, 0.25) is 0 Å². The molecule has 1 aromatic carbocycles. The number of thioether (sulfide) groups is 1. The van der Waals surface area contributed by atoms with Crippen LogP contribution in [0.2, 0.25) is 0 Å². The van der Waals surface area contributed by atoms with Crippen LogP contribution in [0.4, 0.5) is 4.79 Å². The molecule has 0 spiro atoms. The van der Waals surface area contributed by atoms with Crippen molar-refractivity contribution >= 4 is 23.8 Å². The van der Waals surface area contributed by atoms with Crippen molar-refractivity contribution in [1.82, 2.24) is 4.90 Å². The van der Waals surface area contributed by atoms with Crippen molar-refractivity contribution in [2.45, 2.75) is 62.5 Å². The number of carbonyl (C=O) groups excluding carboxylic acids is 2. The normalized spacial score (nSPS) is 21.8. The molecule has 0 saturated carbocycles. The number of nitrogens with zero attached hydrogens (tertiary/aromatic N) is 1. The highest BCUT2D eigenvalue weighted by Crippen LogP contribution is 2.35. The van der Waals surface area contributed by atoms with Crippen LogP contribution < -0.4 is 0 Å². The van der Waals surface area contributed by atoms with Gasteiger partial charge in [-0.25, -0.2) is 9.69 Å². The van der Waals surface area contributed by atoms with Gasteiger partial charge in [-0.1, -0.05) is 54.1 Å². The fourth-order valence-corrected chi connectivity index (χ4v) is 5.42. The maximum atomic E-state index is 13.9. The third kappa shape index (κ3) is 6.95. The zero-order valence-electron chi connectivity index (χ0n) is 19.8. The average molecular weight is 474 g/mol. The quantitative estimate of drug-likeness (QED) is 0.439. The number of hydrogen-bond donors (Lipinski definition) is 0. The number of cyclic esters (lactones) is 1. The van der Waals surface area contributed by atoms with Crippen molar-refractivity contribution in [1.29, 1.82) is 0 Å². The Hall–Kier alpha value is -2.09. The summed E-state index contributed by atoms with van der Waals surface area (Å²) in [6.45, 7) is 2.12. The molecule has 1 saturated heterocycles. The Kier molecular flexibility index (Phi) is 9.59. The molecule has 2 atom stereocenters. The number of rotatable bonds is 10. The molecule has 1 aliphatic heterocycles. The molecule has 1 fully saturated rings. The summed E-state index contributed by atoms with van der Waals surface area (Å²) in [4.78, 5) is 27.9. The first-order valence-electron chi connectivity index (χ1n) is 11.6. The zero-order chi connectivity index (χ0) is 23.7. The van der Waals surface area contributed by atoms with Crippen molar-refractivity contribution in [2.75, 3.05) is 26.6 Å². The van der Waals surface area contributed by atoms with E-state index in [4.69, 9.17) is 14.2 Å². The van der Waals surface area contributed by atoms with E-state index in [0.717, 1.165) is 36.8 Å². The molecule has 33 heavy (non-hydrogen) atoms. The lowest BCUT2D eigenvalue weighted by Crippen LogP contribution is -2.49. The fourth-order valence-electron chi connectivity index (χ4n) is 4.23. The van der Waals surface area contributed by atoms with Crippen molar-refractivity contribution in [3.63, 3.8) is 0 Å². The standard InChI is InChI=1S/C26H35NO5S/c1-26(33-16-15-23(30-2)31-3,18-21-13-7-4-5-8-14-21)24(28)27-22(19-32-25(27)29)17-20-11-9-6-10-12-20/h6-7,9-13,18,22-23H,4-5,8,14-17,19H2,1-3H3/b21-18-/t22-,26-/m0/s1. The molecule has 6 nitrogen and oxygen atoms in total. The summed E-state index contributed by atoms with van der Waals surface area (Å²) in [7, 11) is 3.21. The summed E-state index contributed by atoms with van der Waals surface area (Å²) in [6, 6.07) is 9.58. The van der Waals surface area contributed by atoms with Gasteiger partial charge in [-0.05, 0) is 50.3 Å². The zero-order valence-corrected chi connectivity index (χ0v) is 20.6. The van der Waals surface area contributed by atoms with Crippen LogP contribution in [0, 0.1) is 0 Å². The summed E-state index contributed by atoms with van der Waals surface area (Å²) < 4.78 is 15.0. The molecular weight excluding hydrogens is 438 g/mol. The Morgan fingerprint density at radius 3 is 2.76 bits per heavy atom. The van der Waals surface area contributed by atoms with Crippen LogP contribution >= 0.6 is 11.8 Å². The van der Waals surface area contributed by atoms with Crippen molar-refractivity contribution in [3.8, 4) is 0 Å². The van der Waals surface area contributed by atoms with Crippen LogP contribution in [0.15, 0.2) is 54.1 Å². The molecule has 1 heterocycles. The van der Waals surface area contributed by atoms with Crippen molar-refractivity contribution in [3.05, 3.63) is 59.7 Å². The van der Waals surface area contributed by atoms with Crippen molar-refractivity contribution in [2.24, 2.45) is 0 Å². The molecule has 7 heteroatoms. The van der Waals surface area contributed by atoms with Gasteiger partial charge in [0.05, 0.1) is 6.04 Å². The maximum absolute atomic E-state index is 13.9. The number of ether oxygens (including phenoxy) is 3. The number of amides is 2. The van der Waals surface area contributed by atoms with Crippen LogP contribution in [0.1, 0.15) is 44.6 Å². The second-order valence-corrected chi connectivity index (χ2v) is 10.2. The van der Waals surface area contributed by atoms with Gasteiger partial charge in [0.1, 0.15) is 11.4 Å². The first kappa shape index (κ1) is 25.5. The molecule has 0 radical (unpaired) electrons.